The van der Waals surface area contributed by atoms with Gasteiger partial charge in [0.05, 0.1) is 11.5 Å². The zero-order valence-corrected chi connectivity index (χ0v) is 12.1. The van der Waals surface area contributed by atoms with Crippen LogP contribution in [0.15, 0.2) is 40.8 Å². The number of aryl methyl sites for hydroxylation is 1. The van der Waals surface area contributed by atoms with Crippen LogP contribution in [0.2, 0.25) is 0 Å². The number of hydrogen-bond acceptors (Lipinski definition) is 5. The molecule has 2 aliphatic heterocycles. The molecule has 0 aliphatic carbocycles. The van der Waals surface area contributed by atoms with Crippen LogP contribution in [-0.2, 0) is 4.74 Å². The van der Waals surface area contributed by atoms with Crippen LogP contribution in [0, 0.1) is 24.2 Å². The summed E-state index contributed by atoms with van der Waals surface area (Å²) in [4.78, 5) is 0. The lowest BCUT2D eigenvalue weighted by Gasteiger charge is -2.34. The first-order chi connectivity index (χ1) is 10.8. The molecule has 120 valence electrons. The zero-order valence-electron chi connectivity index (χ0n) is 12.1. The van der Waals surface area contributed by atoms with E-state index in [4.69, 9.17) is 10.5 Å². The fraction of sp³-hybridized carbons (Fsp3) is 0.333. The second kappa shape index (κ2) is 5.19. The van der Waals surface area contributed by atoms with Gasteiger partial charge in [0.15, 0.2) is 11.9 Å². The third-order valence-corrected chi connectivity index (χ3v) is 3.99. The second-order valence-corrected chi connectivity index (χ2v) is 5.47. The Morgan fingerprint density at radius 2 is 1.96 bits per heavy atom. The van der Waals surface area contributed by atoms with Crippen LogP contribution in [0.1, 0.15) is 17.0 Å². The lowest BCUT2D eigenvalue weighted by molar-refractivity contribution is -0.0661. The SMILES string of the molecule is Cc1ccc([C@H]2C(C#N)=C(N)O[C@@H]3NN=C(C(F)(F)F)[C@H]23)cc1. The summed E-state index contributed by atoms with van der Waals surface area (Å²) in [7, 11) is 0. The van der Waals surface area contributed by atoms with E-state index in [2.05, 4.69) is 10.5 Å². The van der Waals surface area contributed by atoms with Crippen molar-refractivity contribution in [1.82, 2.24) is 5.43 Å². The largest absolute Gasteiger partial charge is 0.453 e. The highest BCUT2D eigenvalue weighted by Crippen LogP contribution is 2.44. The summed E-state index contributed by atoms with van der Waals surface area (Å²) in [5, 5.41) is 12.7. The van der Waals surface area contributed by atoms with E-state index in [0.717, 1.165) is 5.56 Å². The summed E-state index contributed by atoms with van der Waals surface area (Å²) >= 11 is 0. The van der Waals surface area contributed by atoms with E-state index in [9.17, 15) is 18.4 Å². The van der Waals surface area contributed by atoms with E-state index in [1.165, 1.54) is 0 Å². The van der Waals surface area contributed by atoms with E-state index in [1.54, 1.807) is 24.3 Å². The maximum Gasteiger partial charge on any atom is 0.431 e. The Morgan fingerprint density at radius 3 is 2.52 bits per heavy atom. The summed E-state index contributed by atoms with van der Waals surface area (Å²) in [5.41, 5.74) is 8.56. The van der Waals surface area contributed by atoms with Crippen molar-refractivity contribution in [2.24, 2.45) is 16.8 Å². The van der Waals surface area contributed by atoms with Gasteiger partial charge in [0.25, 0.3) is 0 Å². The summed E-state index contributed by atoms with van der Waals surface area (Å²) in [5.74, 6) is -2.21. The lowest BCUT2D eigenvalue weighted by Crippen LogP contribution is -2.45. The molecule has 0 amide bonds. The molecule has 1 aromatic carbocycles. The Balaban J connectivity index is 2.13. The van der Waals surface area contributed by atoms with Gasteiger partial charge in [-0.15, -0.1) is 0 Å². The van der Waals surface area contributed by atoms with Crippen LogP contribution >= 0.6 is 0 Å². The number of benzene rings is 1. The molecule has 3 rings (SSSR count). The van der Waals surface area contributed by atoms with Gasteiger partial charge in [-0.25, -0.2) is 0 Å². The molecule has 0 saturated heterocycles. The van der Waals surface area contributed by atoms with E-state index in [1.807, 2.05) is 13.0 Å². The predicted molar refractivity (Wildman–Crippen MR) is 75.7 cm³/mol. The van der Waals surface area contributed by atoms with Gasteiger partial charge < -0.3 is 10.5 Å². The summed E-state index contributed by atoms with van der Waals surface area (Å²) in [6, 6.07) is 8.82. The Hall–Kier alpha value is -2.69. The van der Waals surface area contributed by atoms with Crippen molar-refractivity contribution in [2.45, 2.75) is 25.2 Å². The molecular weight excluding hydrogens is 309 g/mol. The smallest absolute Gasteiger partial charge is 0.431 e. The third-order valence-electron chi connectivity index (χ3n) is 3.99. The molecule has 2 heterocycles. The van der Waals surface area contributed by atoms with Crippen LogP contribution in [-0.4, -0.2) is 18.1 Å². The zero-order chi connectivity index (χ0) is 16.8. The number of halogens is 3. The number of fused-ring (bicyclic) bond motifs is 1. The second-order valence-electron chi connectivity index (χ2n) is 5.47. The number of nitrogens with zero attached hydrogens (tertiary/aromatic N) is 2. The van der Waals surface area contributed by atoms with Crippen LogP contribution < -0.4 is 11.2 Å². The Bertz CT molecular complexity index is 731. The first kappa shape index (κ1) is 15.2. The van der Waals surface area contributed by atoms with Gasteiger partial charge in [-0.3, -0.25) is 5.43 Å². The highest BCUT2D eigenvalue weighted by atomic mass is 19.4. The first-order valence-corrected chi connectivity index (χ1v) is 6.86. The molecule has 23 heavy (non-hydrogen) atoms. The van der Waals surface area contributed by atoms with Crippen LogP contribution in [0.4, 0.5) is 13.2 Å². The molecule has 0 radical (unpaired) electrons. The third kappa shape index (κ3) is 2.48. The summed E-state index contributed by atoms with van der Waals surface area (Å²) in [6.07, 6.45) is -5.67. The number of hydrogen-bond donors (Lipinski definition) is 2. The van der Waals surface area contributed by atoms with Gasteiger partial charge in [-0.1, -0.05) is 29.8 Å². The Morgan fingerprint density at radius 1 is 1.30 bits per heavy atom. The van der Waals surface area contributed by atoms with Crippen molar-refractivity contribution in [3.8, 4) is 6.07 Å². The molecule has 1 aromatic rings. The van der Waals surface area contributed by atoms with Crippen molar-refractivity contribution in [2.75, 3.05) is 0 Å². The van der Waals surface area contributed by atoms with E-state index >= 15 is 0 Å². The van der Waals surface area contributed by atoms with Crippen LogP contribution in [0.3, 0.4) is 0 Å². The van der Waals surface area contributed by atoms with E-state index < -0.39 is 30.0 Å². The Labute approximate surface area is 130 Å². The molecule has 8 heteroatoms. The van der Waals surface area contributed by atoms with Crippen molar-refractivity contribution in [3.63, 3.8) is 0 Å². The molecule has 0 spiro atoms. The first-order valence-electron chi connectivity index (χ1n) is 6.86. The van der Waals surface area contributed by atoms with E-state index in [-0.39, 0.29) is 11.5 Å². The topological polar surface area (TPSA) is 83.4 Å². The van der Waals surface area contributed by atoms with Crippen molar-refractivity contribution < 1.29 is 17.9 Å². The van der Waals surface area contributed by atoms with Gasteiger partial charge in [0.1, 0.15) is 6.07 Å². The number of nitrogens with one attached hydrogen (secondary N) is 1. The predicted octanol–water partition coefficient (Wildman–Crippen LogP) is 2.27. The molecule has 2 aliphatic rings. The average Bonchev–Trinajstić information content (AvgIpc) is 2.90. The van der Waals surface area contributed by atoms with Gasteiger partial charge in [-0.05, 0) is 12.5 Å². The molecule has 3 atom stereocenters. The molecule has 3 N–H and O–H groups in total. The van der Waals surface area contributed by atoms with Crippen molar-refractivity contribution in [3.05, 3.63) is 46.8 Å². The number of nitriles is 1. The normalized spacial score (nSPS) is 26.7. The van der Waals surface area contributed by atoms with Gasteiger partial charge in [-0.2, -0.15) is 23.5 Å². The lowest BCUT2D eigenvalue weighted by atomic mass is 9.76. The van der Waals surface area contributed by atoms with Gasteiger partial charge >= 0.3 is 6.18 Å². The molecule has 0 saturated carbocycles. The minimum Gasteiger partial charge on any atom is -0.453 e. The maximum atomic E-state index is 13.3. The minimum absolute atomic E-state index is 0.0178. The molecule has 5 nitrogen and oxygen atoms in total. The number of rotatable bonds is 1. The quantitative estimate of drug-likeness (QED) is 0.831. The Kier molecular flexibility index (Phi) is 3.43. The summed E-state index contributed by atoms with van der Waals surface area (Å²) < 4.78 is 45.0. The minimum atomic E-state index is -4.62. The summed E-state index contributed by atoms with van der Waals surface area (Å²) in [6.45, 7) is 1.87. The maximum absolute atomic E-state index is 13.3. The standard InChI is InChI=1S/C15H13F3N4O/c1-7-2-4-8(5-3-7)10-9(6-19)13(20)23-14-11(10)12(21-22-14)15(16,17)18/h2-5,10-11,14,22H,20H2,1H3/t10-,11-,14-/m0/s1. The molecule has 0 fully saturated rings. The number of alkyl halides is 3. The molecule has 0 aromatic heterocycles. The highest BCUT2D eigenvalue weighted by Gasteiger charge is 2.55. The highest BCUT2D eigenvalue weighted by molar-refractivity contribution is 5.94. The number of hydrazone groups is 1. The van der Waals surface area contributed by atoms with Crippen LogP contribution in [0.5, 0.6) is 0 Å². The number of allylic oxidation sites excluding steroid dienone is 1. The van der Waals surface area contributed by atoms with Crippen molar-refractivity contribution in [1.29, 1.82) is 5.26 Å². The van der Waals surface area contributed by atoms with E-state index in [0.29, 0.717) is 5.56 Å². The fourth-order valence-electron chi connectivity index (χ4n) is 2.92. The van der Waals surface area contributed by atoms with Crippen molar-refractivity contribution >= 4 is 5.71 Å². The monoisotopic (exact) mass is 322 g/mol. The van der Waals surface area contributed by atoms with Gasteiger partial charge in [0, 0.05) is 5.92 Å². The van der Waals surface area contributed by atoms with Crippen LogP contribution in [0.25, 0.3) is 0 Å². The molecular formula is C15H13F3N4O. The molecule has 0 bridgehead atoms. The number of ether oxygens (including phenoxy) is 1. The van der Waals surface area contributed by atoms with Gasteiger partial charge in [0.2, 0.25) is 5.88 Å². The number of nitrogens with two attached hydrogens (primary N) is 1. The average molecular weight is 322 g/mol. The fourth-order valence-corrected chi connectivity index (χ4v) is 2.92. The molecule has 0 unspecified atom stereocenters.